The first-order valence-corrected chi connectivity index (χ1v) is 5.88. The third-order valence-corrected chi connectivity index (χ3v) is 3.49. The van der Waals surface area contributed by atoms with Crippen LogP contribution < -0.4 is 4.90 Å². The van der Waals surface area contributed by atoms with Crippen LogP contribution in [-0.4, -0.2) is 28.1 Å². The first kappa shape index (κ1) is 12.4. The predicted octanol–water partition coefficient (Wildman–Crippen LogP) is 1.71. The molecule has 5 nitrogen and oxygen atoms in total. The topological polar surface area (TPSA) is 77.2 Å². The van der Waals surface area contributed by atoms with Crippen molar-refractivity contribution in [1.29, 1.82) is 5.26 Å². The smallest absolute Gasteiger partial charge is 0.329 e. The number of hydrogen-bond acceptors (Lipinski definition) is 4. The Morgan fingerprint density at radius 2 is 2.33 bits per heavy atom. The molecule has 0 bridgehead atoms. The minimum Gasteiger partial charge on any atom is -0.480 e. The standard InChI is InChI=1S/C13H15N3O2/c1-9-4-5-10(8-14)11(15-9)16-7-3-6-13(16,2)12(17)18/h4-5H,3,6-7H2,1-2H3,(H,17,18). The predicted molar refractivity (Wildman–Crippen MR) is 66.3 cm³/mol. The van der Waals surface area contributed by atoms with E-state index in [2.05, 4.69) is 11.1 Å². The monoisotopic (exact) mass is 245 g/mol. The number of nitriles is 1. The summed E-state index contributed by atoms with van der Waals surface area (Å²) in [4.78, 5) is 17.5. The molecule has 94 valence electrons. The number of carboxylic acid groups (broad SMARTS) is 1. The van der Waals surface area contributed by atoms with Crippen molar-refractivity contribution in [3.63, 3.8) is 0 Å². The zero-order chi connectivity index (χ0) is 13.3. The number of aryl methyl sites for hydroxylation is 1. The zero-order valence-corrected chi connectivity index (χ0v) is 10.5. The van der Waals surface area contributed by atoms with Crippen LogP contribution in [0.2, 0.25) is 0 Å². The van der Waals surface area contributed by atoms with Gasteiger partial charge in [0, 0.05) is 12.2 Å². The molecular formula is C13H15N3O2. The third kappa shape index (κ3) is 1.80. The van der Waals surface area contributed by atoms with E-state index in [1.807, 2.05) is 6.92 Å². The molecule has 0 saturated carbocycles. The fraction of sp³-hybridized carbons (Fsp3) is 0.462. The van der Waals surface area contributed by atoms with Gasteiger partial charge in [-0.15, -0.1) is 0 Å². The lowest BCUT2D eigenvalue weighted by atomic mass is 9.99. The molecule has 0 spiro atoms. The number of hydrogen-bond donors (Lipinski definition) is 1. The van der Waals surface area contributed by atoms with Gasteiger partial charge in [0.25, 0.3) is 0 Å². The Morgan fingerprint density at radius 3 is 2.94 bits per heavy atom. The van der Waals surface area contributed by atoms with E-state index in [0.717, 1.165) is 12.1 Å². The number of rotatable bonds is 2. The van der Waals surface area contributed by atoms with Gasteiger partial charge in [-0.2, -0.15) is 5.26 Å². The fourth-order valence-corrected chi connectivity index (χ4v) is 2.36. The van der Waals surface area contributed by atoms with Crippen molar-refractivity contribution < 1.29 is 9.90 Å². The molecule has 1 atom stereocenters. The van der Waals surface area contributed by atoms with E-state index >= 15 is 0 Å². The van der Waals surface area contributed by atoms with Crippen LogP contribution in [0.25, 0.3) is 0 Å². The molecule has 0 aliphatic carbocycles. The van der Waals surface area contributed by atoms with Gasteiger partial charge in [0.15, 0.2) is 0 Å². The van der Waals surface area contributed by atoms with Gasteiger partial charge in [-0.25, -0.2) is 9.78 Å². The van der Waals surface area contributed by atoms with Crippen molar-refractivity contribution in [1.82, 2.24) is 4.98 Å². The molecule has 1 aromatic rings. The van der Waals surface area contributed by atoms with E-state index in [0.29, 0.717) is 24.3 Å². The largest absolute Gasteiger partial charge is 0.480 e. The van der Waals surface area contributed by atoms with Crippen LogP contribution in [0.1, 0.15) is 31.0 Å². The summed E-state index contributed by atoms with van der Waals surface area (Å²) in [7, 11) is 0. The third-order valence-electron chi connectivity index (χ3n) is 3.49. The Kier molecular flexibility index (Phi) is 2.95. The number of carbonyl (C=O) groups is 1. The summed E-state index contributed by atoms with van der Waals surface area (Å²) in [6.07, 6.45) is 1.37. The Morgan fingerprint density at radius 1 is 1.61 bits per heavy atom. The summed E-state index contributed by atoms with van der Waals surface area (Å²) < 4.78 is 0. The maximum atomic E-state index is 11.4. The van der Waals surface area contributed by atoms with Gasteiger partial charge in [0.1, 0.15) is 17.4 Å². The SMILES string of the molecule is Cc1ccc(C#N)c(N2CCCC2(C)C(=O)O)n1. The second-order valence-corrected chi connectivity index (χ2v) is 4.77. The highest BCUT2D eigenvalue weighted by atomic mass is 16.4. The Hall–Kier alpha value is -2.09. The van der Waals surface area contributed by atoms with E-state index in [9.17, 15) is 9.90 Å². The average molecular weight is 245 g/mol. The summed E-state index contributed by atoms with van der Waals surface area (Å²) in [6, 6.07) is 5.53. The summed E-state index contributed by atoms with van der Waals surface area (Å²) in [5.74, 6) is -0.382. The van der Waals surface area contributed by atoms with Gasteiger partial charge < -0.3 is 10.0 Å². The van der Waals surface area contributed by atoms with Gasteiger partial charge in [-0.05, 0) is 38.8 Å². The van der Waals surface area contributed by atoms with E-state index < -0.39 is 11.5 Å². The molecule has 1 aliphatic heterocycles. The zero-order valence-electron chi connectivity index (χ0n) is 10.5. The molecular weight excluding hydrogens is 230 g/mol. The van der Waals surface area contributed by atoms with Crippen LogP contribution in [-0.2, 0) is 4.79 Å². The highest BCUT2D eigenvalue weighted by Gasteiger charge is 2.44. The molecule has 1 aliphatic rings. The van der Waals surface area contributed by atoms with E-state index in [-0.39, 0.29) is 0 Å². The first-order valence-electron chi connectivity index (χ1n) is 5.88. The van der Waals surface area contributed by atoms with Crippen LogP contribution >= 0.6 is 0 Å². The van der Waals surface area contributed by atoms with Crippen molar-refractivity contribution >= 4 is 11.8 Å². The molecule has 0 amide bonds. The molecule has 0 aromatic carbocycles. The Labute approximate surface area is 106 Å². The maximum Gasteiger partial charge on any atom is 0.329 e. The molecule has 18 heavy (non-hydrogen) atoms. The van der Waals surface area contributed by atoms with Gasteiger partial charge in [-0.1, -0.05) is 0 Å². The number of aliphatic carboxylic acids is 1. The molecule has 1 N–H and O–H groups in total. The van der Waals surface area contributed by atoms with Crippen LogP contribution in [0.5, 0.6) is 0 Å². The van der Waals surface area contributed by atoms with E-state index in [1.54, 1.807) is 24.0 Å². The van der Waals surface area contributed by atoms with Gasteiger partial charge >= 0.3 is 5.97 Å². The average Bonchev–Trinajstić information content (AvgIpc) is 2.72. The summed E-state index contributed by atoms with van der Waals surface area (Å²) >= 11 is 0. The summed E-state index contributed by atoms with van der Waals surface area (Å²) in [5, 5.41) is 18.5. The van der Waals surface area contributed by atoms with Crippen molar-refractivity contribution in [2.75, 3.05) is 11.4 Å². The molecule has 1 unspecified atom stereocenters. The molecule has 0 radical (unpaired) electrons. The first-order chi connectivity index (χ1) is 8.49. The van der Waals surface area contributed by atoms with Gasteiger partial charge in [0.2, 0.25) is 0 Å². The summed E-state index contributed by atoms with van der Waals surface area (Å²) in [5.41, 5.74) is 0.241. The lowest BCUT2D eigenvalue weighted by Crippen LogP contribution is -2.48. The minimum absolute atomic E-state index is 0.426. The van der Waals surface area contributed by atoms with Crippen molar-refractivity contribution in [2.24, 2.45) is 0 Å². The maximum absolute atomic E-state index is 11.4. The van der Waals surface area contributed by atoms with Crippen molar-refractivity contribution in [3.8, 4) is 6.07 Å². The van der Waals surface area contributed by atoms with Crippen LogP contribution in [0.4, 0.5) is 5.82 Å². The van der Waals surface area contributed by atoms with Crippen molar-refractivity contribution in [3.05, 3.63) is 23.4 Å². The number of carboxylic acids is 1. The molecule has 2 heterocycles. The second kappa shape index (κ2) is 4.30. The lowest BCUT2D eigenvalue weighted by molar-refractivity contribution is -0.142. The number of anilines is 1. The quantitative estimate of drug-likeness (QED) is 0.858. The van der Waals surface area contributed by atoms with Crippen LogP contribution in [0.3, 0.4) is 0 Å². The molecule has 1 fully saturated rings. The van der Waals surface area contributed by atoms with Crippen LogP contribution in [0, 0.1) is 18.3 Å². The fourth-order valence-electron chi connectivity index (χ4n) is 2.36. The lowest BCUT2D eigenvalue weighted by Gasteiger charge is -2.32. The number of aromatic nitrogens is 1. The molecule has 1 aromatic heterocycles. The molecule has 2 rings (SSSR count). The minimum atomic E-state index is -0.966. The van der Waals surface area contributed by atoms with Crippen LogP contribution in [0.15, 0.2) is 12.1 Å². The van der Waals surface area contributed by atoms with E-state index in [4.69, 9.17) is 5.26 Å². The number of pyridine rings is 1. The van der Waals surface area contributed by atoms with E-state index in [1.165, 1.54) is 0 Å². The Bertz CT molecular complexity index is 536. The highest BCUT2D eigenvalue weighted by molar-refractivity contribution is 5.84. The summed E-state index contributed by atoms with van der Waals surface area (Å²) in [6.45, 7) is 4.14. The van der Waals surface area contributed by atoms with Gasteiger partial charge in [-0.3, -0.25) is 0 Å². The van der Waals surface area contributed by atoms with Crippen molar-refractivity contribution in [2.45, 2.75) is 32.2 Å². The normalized spacial score (nSPS) is 22.8. The number of nitrogens with zero attached hydrogens (tertiary/aromatic N) is 3. The molecule has 1 saturated heterocycles. The molecule has 5 heteroatoms. The Balaban J connectivity index is 2.52. The van der Waals surface area contributed by atoms with Gasteiger partial charge in [0.05, 0.1) is 5.56 Å². The second-order valence-electron chi connectivity index (χ2n) is 4.77. The highest BCUT2D eigenvalue weighted by Crippen LogP contribution is 2.34.